The largest absolute Gasteiger partial charge is 0.348 e. The predicted octanol–water partition coefficient (Wildman–Crippen LogP) is -0.171. The van der Waals surface area contributed by atoms with E-state index in [1.165, 1.54) is 0 Å². The van der Waals surface area contributed by atoms with Gasteiger partial charge in [0.1, 0.15) is 5.69 Å². The molecule has 0 spiro atoms. The van der Waals surface area contributed by atoms with Gasteiger partial charge in [0.05, 0.1) is 12.2 Å². The van der Waals surface area contributed by atoms with Crippen molar-refractivity contribution >= 4 is 11.8 Å². The van der Waals surface area contributed by atoms with E-state index in [4.69, 9.17) is 0 Å². The molecule has 1 fully saturated rings. The van der Waals surface area contributed by atoms with Crippen LogP contribution in [0.15, 0.2) is 6.07 Å². The highest BCUT2D eigenvalue weighted by Gasteiger charge is 2.25. The molecule has 2 amide bonds. The van der Waals surface area contributed by atoms with E-state index in [0.29, 0.717) is 25.3 Å². The molecule has 0 N–H and O–H groups in total. The second-order valence-electron chi connectivity index (χ2n) is 5.85. The summed E-state index contributed by atoms with van der Waals surface area (Å²) in [6.45, 7) is 5.18. The highest BCUT2D eigenvalue weighted by atomic mass is 16.2. The van der Waals surface area contributed by atoms with Crippen molar-refractivity contribution in [2.24, 2.45) is 7.05 Å². The summed E-state index contributed by atoms with van der Waals surface area (Å²) >= 11 is 0. The second kappa shape index (κ2) is 6.91. The van der Waals surface area contributed by atoms with Crippen LogP contribution in [0.3, 0.4) is 0 Å². The van der Waals surface area contributed by atoms with E-state index in [9.17, 15) is 9.59 Å². The first-order valence-electron chi connectivity index (χ1n) is 7.67. The van der Waals surface area contributed by atoms with Gasteiger partial charge >= 0.3 is 0 Å². The number of amides is 2. The number of carbonyl (C=O) groups excluding carboxylic acids is 2. The molecule has 0 saturated carbocycles. The molecule has 0 aliphatic carbocycles. The minimum absolute atomic E-state index is 0.0216. The number of hydrogen-bond acceptors (Lipinski definition) is 4. The number of rotatable bonds is 4. The molecule has 7 heteroatoms. The van der Waals surface area contributed by atoms with Crippen LogP contribution in [0.1, 0.15) is 23.1 Å². The van der Waals surface area contributed by atoms with Gasteiger partial charge in [-0.25, -0.2) is 0 Å². The van der Waals surface area contributed by atoms with Gasteiger partial charge < -0.3 is 9.80 Å². The molecule has 22 heavy (non-hydrogen) atoms. The van der Waals surface area contributed by atoms with Crippen LogP contribution in [0.4, 0.5) is 0 Å². The molecule has 1 saturated heterocycles. The van der Waals surface area contributed by atoms with Crippen molar-refractivity contribution in [1.29, 1.82) is 0 Å². The summed E-state index contributed by atoms with van der Waals surface area (Å²) < 4.78 is 1.66. The number of carbonyl (C=O) groups is 2. The molecule has 1 aliphatic rings. The third-order valence-electron chi connectivity index (χ3n) is 4.03. The quantitative estimate of drug-likeness (QED) is 0.775. The lowest BCUT2D eigenvalue weighted by atomic mass is 10.2. The Morgan fingerprint density at radius 1 is 1.23 bits per heavy atom. The van der Waals surface area contributed by atoms with Gasteiger partial charge in [-0.3, -0.25) is 19.2 Å². The summed E-state index contributed by atoms with van der Waals surface area (Å²) in [5.74, 6) is 0.118. The lowest BCUT2D eigenvalue weighted by Crippen LogP contribution is -2.51. The van der Waals surface area contributed by atoms with Crippen molar-refractivity contribution in [2.45, 2.75) is 13.3 Å². The first-order valence-corrected chi connectivity index (χ1v) is 7.67. The number of aromatic nitrogens is 2. The van der Waals surface area contributed by atoms with Crippen LogP contribution < -0.4 is 0 Å². The van der Waals surface area contributed by atoms with Crippen LogP contribution in [0.5, 0.6) is 0 Å². The fourth-order valence-corrected chi connectivity index (χ4v) is 2.50. The molecule has 0 unspecified atom stereocenters. The maximum Gasteiger partial charge on any atom is 0.272 e. The molecule has 0 atom stereocenters. The van der Waals surface area contributed by atoms with Crippen molar-refractivity contribution in [3.63, 3.8) is 0 Å². The summed E-state index contributed by atoms with van der Waals surface area (Å²) in [4.78, 5) is 29.8. The maximum absolute atomic E-state index is 12.6. The van der Waals surface area contributed by atoms with E-state index in [2.05, 4.69) is 10.00 Å². The van der Waals surface area contributed by atoms with Crippen LogP contribution in [0.2, 0.25) is 0 Å². The van der Waals surface area contributed by atoms with Gasteiger partial charge in [0.2, 0.25) is 5.91 Å². The summed E-state index contributed by atoms with van der Waals surface area (Å²) in [5.41, 5.74) is 1.57. The van der Waals surface area contributed by atoms with Crippen LogP contribution in [0.25, 0.3) is 0 Å². The van der Waals surface area contributed by atoms with Crippen molar-refractivity contribution in [1.82, 2.24) is 24.5 Å². The van der Waals surface area contributed by atoms with Gasteiger partial charge in [0.25, 0.3) is 5.91 Å². The van der Waals surface area contributed by atoms with Gasteiger partial charge in [-0.2, -0.15) is 5.10 Å². The maximum atomic E-state index is 12.6. The Morgan fingerprint density at radius 2 is 1.86 bits per heavy atom. The van der Waals surface area contributed by atoms with Crippen LogP contribution >= 0.6 is 0 Å². The zero-order valence-electron chi connectivity index (χ0n) is 13.9. The first kappa shape index (κ1) is 16.5. The molecule has 1 aromatic heterocycles. The van der Waals surface area contributed by atoms with Crippen LogP contribution in [0, 0.1) is 0 Å². The number of nitrogens with zero attached hydrogens (tertiary/aromatic N) is 5. The van der Waals surface area contributed by atoms with Crippen molar-refractivity contribution in [3.8, 4) is 0 Å². The Bertz CT molecular complexity index is 544. The molecular formula is C15H25N5O2. The van der Waals surface area contributed by atoms with Crippen molar-refractivity contribution in [3.05, 3.63) is 17.5 Å². The molecule has 2 heterocycles. The molecular weight excluding hydrogens is 282 g/mol. The van der Waals surface area contributed by atoms with Crippen molar-refractivity contribution in [2.75, 3.05) is 46.8 Å². The highest BCUT2D eigenvalue weighted by Crippen LogP contribution is 2.10. The van der Waals surface area contributed by atoms with E-state index < -0.39 is 0 Å². The average Bonchev–Trinajstić information content (AvgIpc) is 2.88. The average molecular weight is 307 g/mol. The first-order chi connectivity index (χ1) is 10.4. The van der Waals surface area contributed by atoms with E-state index in [0.717, 1.165) is 25.2 Å². The zero-order chi connectivity index (χ0) is 16.3. The van der Waals surface area contributed by atoms with Crippen LogP contribution in [-0.4, -0.2) is 83.1 Å². The summed E-state index contributed by atoms with van der Waals surface area (Å²) in [5, 5.41) is 4.33. The van der Waals surface area contributed by atoms with Gasteiger partial charge in [0.15, 0.2) is 0 Å². The fraction of sp³-hybridized carbons (Fsp3) is 0.667. The van der Waals surface area contributed by atoms with E-state index in [1.807, 2.05) is 17.9 Å². The molecule has 2 rings (SSSR count). The zero-order valence-corrected chi connectivity index (χ0v) is 13.9. The summed E-state index contributed by atoms with van der Waals surface area (Å²) in [7, 11) is 5.32. The fourth-order valence-electron chi connectivity index (χ4n) is 2.50. The Labute approximate surface area is 131 Å². The third-order valence-corrected chi connectivity index (χ3v) is 4.03. The molecule has 0 bridgehead atoms. The third kappa shape index (κ3) is 3.65. The predicted molar refractivity (Wildman–Crippen MR) is 83.6 cm³/mol. The second-order valence-corrected chi connectivity index (χ2v) is 5.85. The van der Waals surface area contributed by atoms with E-state index >= 15 is 0 Å². The van der Waals surface area contributed by atoms with E-state index in [1.54, 1.807) is 30.7 Å². The number of likely N-dealkylation sites (N-methyl/N-ethyl adjacent to an activating group) is 1. The number of piperazine rings is 1. The van der Waals surface area contributed by atoms with Gasteiger partial charge in [0, 0.05) is 47.3 Å². The molecule has 1 aromatic rings. The lowest BCUT2D eigenvalue weighted by molar-refractivity contribution is -0.130. The Morgan fingerprint density at radius 3 is 2.36 bits per heavy atom. The molecule has 1 aliphatic heterocycles. The summed E-state index contributed by atoms with van der Waals surface area (Å²) in [6.07, 6.45) is 0.821. The van der Waals surface area contributed by atoms with Gasteiger partial charge in [-0.1, -0.05) is 6.92 Å². The van der Waals surface area contributed by atoms with E-state index in [-0.39, 0.29) is 11.8 Å². The Balaban J connectivity index is 1.92. The molecule has 7 nitrogen and oxygen atoms in total. The minimum atomic E-state index is 0.0216. The molecule has 0 aromatic carbocycles. The molecule has 122 valence electrons. The number of hydrogen-bond donors (Lipinski definition) is 0. The Hall–Kier alpha value is -1.89. The smallest absolute Gasteiger partial charge is 0.272 e. The van der Waals surface area contributed by atoms with Crippen molar-refractivity contribution < 1.29 is 9.59 Å². The van der Waals surface area contributed by atoms with Gasteiger partial charge in [-0.15, -0.1) is 0 Å². The standard InChI is InChI=1S/C15H25N5O2/c1-5-12-10-13(18(4)16-12)15(22)20-8-6-19(7-9-20)11-14(21)17(2)3/h10H,5-9,11H2,1-4H3. The monoisotopic (exact) mass is 307 g/mol. The van der Waals surface area contributed by atoms with Gasteiger partial charge in [-0.05, 0) is 12.5 Å². The topological polar surface area (TPSA) is 61.7 Å². The summed E-state index contributed by atoms with van der Waals surface area (Å²) in [6, 6.07) is 1.87. The molecule has 0 radical (unpaired) electrons. The van der Waals surface area contributed by atoms with Crippen LogP contribution in [-0.2, 0) is 18.3 Å². The minimum Gasteiger partial charge on any atom is -0.348 e. The Kier molecular flexibility index (Phi) is 5.18. The number of aryl methyl sites for hydroxylation is 2. The normalized spacial score (nSPS) is 15.9. The SMILES string of the molecule is CCc1cc(C(=O)N2CCN(CC(=O)N(C)C)CC2)n(C)n1. The highest BCUT2D eigenvalue weighted by molar-refractivity contribution is 5.92. The lowest BCUT2D eigenvalue weighted by Gasteiger charge is -2.34.